The van der Waals surface area contributed by atoms with E-state index in [4.69, 9.17) is 4.74 Å². The van der Waals surface area contributed by atoms with E-state index in [9.17, 15) is 14.9 Å². The molecule has 0 unspecified atom stereocenters. The van der Waals surface area contributed by atoms with Gasteiger partial charge in [0, 0.05) is 23.0 Å². The third kappa shape index (κ3) is 2.66. The van der Waals surface area contributed by atoms with Crippen molar-refractivity contribution in [2.45, 2.75) is 6.92 Å². The molecule has 0 radical (unpaired) electrons. The van der Waals surface area contributed by atoms with Crippen LogP contribution in [-0.4, -0.2) is 22.5 Å². The fraction of sp³-hybridized carbons (Fsp3) is 0.118. The van der Waals surface area contributed by atoms with Gasteiger partial charge in [0.25, 0.3) is 5.69 Å². The summed E-state index contributed by atoms with van der Waals surface area (Å²) in [7, 11) is 0. The Kier molecular flexibility index (Phi) is 3.80. The molecule has 0 aliphatic heterocycles. The second kappa shape index (κ2) is 5.92. The van der Waals surface area contributed by atoms with E-state index in [-0.39, 0.29) is 12.3 Å². The monoisotopic (exact) mass is 310 g/mol. The minimum absolute atomic E-state index is 0.0679. The maximum atomic E-state index is 12.4. The number of esters is 1. The van der Waals surface area contributed by atoms with Gasteiger partial charge in [-0.05, 0) is 18.6 Å². The minimum atomic E-state index is -0.502. The van der Waals surface area contributed by atoms with Gasteiger partial charge in [0.1, 0.15) is 0 Å². The summed E-state index contributed by atoms with van der Waals surface area (Å²) >= 11 is 0. The summed E-state index contributed by atoms with van der Waals surface area (Å²) in [6.45, 7) is 1.95. The average Bonchev–Trinajstić information content (AvgIpc) is 2.94. The number of aromatic nitrogens is 1. The molecule has 0 amide bonds. The fourth-order valence-electron chi connectivity index (χ4n) is 2.53. The lowest BCUT2D eigenvalue weighted by Gasteiger charge is -2.04. The van der Waals surface area contributed by atoms with Crippen LogP contribution in [0.15, 0.2) is 48.5 Å². The molecule has 0 saturated carbocycles. The van der Waals surface area contributed by atoms with E-state index in [1.165, 1.54) is 12.1 Å². The molecule has 1 heterocycles. The zero-order chi connectivity index (χ0) is 16.4. The molecule has 0 aliphatic carbocycles. The number of nitrogens with zero attached hydrogens (tertiary/aromatic N) is 1. The number of nitro benzene ring substituents is 1. The quantitative estimate of drug-likeness (QED) is 0.449. The number of non-ortho nitro benzene ring substituents is 1. The number of carbonyl (C=O) groups excluding carboxylic acids is 1. The standard InChI is InChI=1S/C17H14N2O4/c1-2-23-17(20)15-13-10-12(19(21)22)8-9-14(13)18-16(15)11-6-4-3-5-7-11/h3-10,18H,2H2,1H3. The summed E-state index contributed by atoms with van der Waals surface area (Å²) < 4.78 is 5.13. The Balaban J connectivity index is 2.29. The number of hydrogen-bond donors (Lipinski definition) is 1. The molecule has 0 saturated heterocycles. The molecule has 23 heavy (non-hydrogen) atoms. The predicted octanol–water partition coefficient (Wildman–Crippen LogP) is 3.92. The molecular weight excluding hydrogens is 296 g/mol. The third-order valence-electron chi connectivity index (χ3n) is 3.53. The van der Waals surface area contributed by atoms with Crippen LogP contribution in [0, 0.1) is 10.1 Å². The third-order valence-corrected chi connectivity index (χ3v) is 3.53. The SMILES string of the molecule is CCOC(=O)c1c(-c2ccccc2)[nH]c2ccc([N+](=O)[O-])cc12. The van der Waals surface area contributed by atoms with E-state index < -0.39 is 10.9 Å². The fourth-order valence-corrected chi connectivity index (χ4v) is 2.53. The van der Waals surface area contributed by atoms with Crippen LogP contribution in [-0.2, 0) is 4.74 Å². The van der Waals surface area contributed by atoms with Crippen molar-refractivity contribution in [2.75, 3.05) is 6.61 Å². The van der Waals surface area contributed by atoms with Gasteiger partial charge in [0.15, 0.2) is 0 Å². The number of ether oxygens (including phenoxy) is 1. The molecule has 0 bridgehead atoms. The summed E-state index contributed by atoms with van der Waals surface area (Å²) in [5.74, 6) is -0.502. The van der Waals surface area contributed by atoms with Crippen molar-refractivity contribution >= 4 is 22.6 Å². The summed E-state index contributed by atoms with van der Waals surface area (Å²) in [6, 6.07) is 13.7. The van der Waals surface area contributed by atoms with Crippen LogP contribution in [0.5, 0.6) is 0 Å². The molecule has 0 atom stereocenters. The summed E-state index contributed by atoms with van der Waals surface area (Å²) in [6.07, 6.45) is 0. The van der Waals surface area contributed by atoms with E-state index in [2.05, 4.69) is 4.98 Å². The number of carbonyl (C=O) groups is 1. The highest BCUT2D eigenvalue weighted by Gasteiger charge is 2.22. The second-order valence-electron chi connectivity index (χ2n) is 4.95. The number of benzene rings is 2. The molecular formula is C17H14N2O4. The van der Waals surface area contributed by atoms with E-state index >= 15 is 0 Å². The maximum absolute atomic E-state index is 12.4. The summed E-state index contributed by atoms with van der Waals surface area (Å²) in [5.41, 5.74) is 2.31. The zero-order valence-electron chi connectivity index (χ0n) is 12.4. The first-order valence-electron chi connectivity index (χ1n) is 7.14. The lowest BCUT2D eigenvalue weighted by atomic mass is 10.1. The molecule has 6 heteroatoms. The van der Waals surface area contributed by atoms with Gasteiger partial charge in [-0.25, -0.2) is 4.79 Å². The highest BCUT2D eigenvalue weighted by molar-refractivity contribution is 6.10. The largest absolute Gasteiger partial charge is 0.462 e. The second-order valence-corrected chi connectivity index (χ2v) is 4.95. The Morgan fingerprint density at radius 3 is 2.61 bits per heavy atom. The van der Waals surface area contributed by atoms with Crippen molar-refractivity contribution in [1.82, 2.24) is 4.98 Å². The van der Waals surface area contributed by atoms with Crippen molar-refractivity contribution in [2.24, 2.45) is 0 Å². The number of H-pyrrole nitrogens is 1. The van der Waals surface area contributed by atoms with Gasteiger partial charge in [-0.3, -0.25) is 10.1 Å². The van der Waals surface area contributed by atoms with E-state index in [1.807, 2.05) is 30.3 Å². The minimum Gasteiger partial charge on any atom is -0.462 e. The number of fused-ring (bicyclic) bond motifs is 1. The molecule has 6 nitrogen and oxygen atoms in total. The van der Waals surface area contributed by atoms with Gasteiger partial charge in [-0.2, -0.15) is 0 Å². The Hall–Kier alpha value is -3.15. The normalized spacial score (nSPS) is 10.7. The molecule has 3 aromatic rings. The Bertz CT molecular complexity index is 884. The Labute approximate surface area is 131 Å². The van der Waals surface area contributed by atoms with Crippen LogP contribution < -0.4 is 0 Å². The van der Waals surface area contributed by atoms with Crippen molar-refractivity contribution in [3.8, 4) is 11.3 Å². The van der Waals surface area contributed by atoms with Gasteiger partial charge in [0.05, 0.1) is 22.8 Å². The van der Waals surface area contributed by atoms with Crippen molar-refractivity contribution in [1.29, 1.82) is 0 Å². The van der Waals surface area contributed by atoms with Crippen LogP contribution in [0.3, 0.4) is 0 Å². The molecule has 2 aromatic carbocycles. The molecule has 3 rings (SSSR count). The summed E-state index contributed by atoms with van der Waals surface area (Å²) in [5, 5.41) is 11.5. The molecule has 1 N–H and O–H groups in total. The number of rotatable bonds is 4. The van der Waals surface area contributed by atoms with Crippen LogP contribution in [0.1, 0.15) is 17.3 Å². The average molecular weight is 310 g/mol. The topological polar surface area (TPSA) is 85.2 Å². The van der Waals surface area contributed by atoms with Crippen LogP contribution in [0.25, 0.3) is 22.2 Å². The number of nitro groups is 1. The Morgan fingerprint density at radius 1 is 1.22 bits per heavy atom. The predicted molar refractivity (Wildman–Crippen MR) is 86.3 cm³/mol. The van der Waals surface area contributed by atoms with Crippen molar-refractivity contribution in [3.05, 3.63) is 64.2 Å². The summed E-state index contributed by atoms with van der Waals surface area (Å²) in [4.78, 5) is 26.1. The van der Waals surface area contributed by atoms with Gasteiger partial charge >= 0.3 is 5.97 Å². The van der Waals surface area contributed by atoms with Crippen LogP contribution in [0.2, 0.25) is 0 Å². The number of hydrogen-bond acceptors (Lipinski definition) is 4. The molecule has 0 aliphatic rings. The number of nitrogens with one attached hydrogen (secondary N) is 1. The van der Waals surface area contributed by atoms with Crippen molar-refractivity contribution in [3.63, 3.8) is 0 Å². The van der Waals surface area contributed by atoms with E-state index in [0.29, 0.717) is 22.2 Å². The van der Waals surface area contributed by atoms with Gasteiger partial charge in [-0.15, -0.1) is 0 Å². The van der Waals surface area contributed by atoms with Crippen LogP contribution >= 0.6 is 0 Å². The maximum Gasteiger partial charge on any atom is 0.340 e. The lowest BCUT2D eigenvalue weighted by Crippen LogP contribution is -2.05. The highest BCUT2D eigenvalue weighted by Crippen LogP contribution is 2.33. The Morgan fingerprint density at radius 2 is 1.96 bits per heavy atom. The highest BCUT2D eigenvalue weighted by atomic mass is 16.6. The van der Waals surface area contributed by atoms with Gasteiger partial charge < -0.3 is 9.72 Å². The van der Waals surface area contributed by atoms with E-state index in [0.717, 1.165) is 5.56 Å². The number of aromatic amines is 1. The van der Waals surface area contributed by atoms with Gasteiger partial charge in [0.2, 0.25) is 0 Å². The van der Waals surface area contributed by atoms with E-state index in [1.54, 1.807) is 13.0 Å². The van der Waals surface area contributed by atoms with Crippen molar-refractivity contribution < 1.29 is 14.5 Å². The van der Waals surface area contributed by atoms with Crippen LogP contribution in [0.4, 0.5) is 5.69 Å². The molecule has 0 spiro atoms. The first-order chi connectivity index (χ1) is 11.1. The zero-order valence-corrected chi connectivity index (χ0v) is 12.4. The first-order valence-corrected chi connectivity index (χ1v) is 7.14. The lowest BCUT2D eigenvalue weighted by molar-refractivity contribution is -0.384. The molecule has 1 aromatic heterocycles. The molecule has 0 fully saturated rings. The molecule has 116 valence electrons. The van der Waals surface area contributed by atoms with Gasteiger partial charge in [-0.1, -0.05) is 30.3 Å². The smallest absolute Gasteiger partial charge is 0.340 e. The first kappa shape index (κ1) is 14.8.